The summed E-state index contributed by atoms with van der Waals surface area (Å²) < 4.78 is 48.6. The largest absolute Gasteiger partial charge is 0.496 e. The lowest BCUT2D eigenvalue weighted by Gasteiger charge is -2.29. The van der Waals surface area contributed by atoms with E-state index < -0.39 is 11.7 Å². The molecular formula is C36H37F3N4O3. The van der Waals surface area contributed by atoms with E-state index in [2.05, 4.69) is 24.1 Å². The zero-order valence-corrected chi connectivity index (χ0v) is 26.7. The van der Waals surface area contributed by atoms with Crippen LogP contribution < -0.4 is 10.1 Å². The van der Waals surface area contributed by atoms with Gasteiger partial charge in [-0.1, -0.05) is 42.5 Å². The van der Waals surface area contributed by atoms with Gasteiger partial charge < -0.3 is 14.6 Å². The Morgan fingerprint density at radius 2 is 1.67 bits per heavy atom. The first kappa shape index (κ1) is 32.7. The van der Waals surface area contributed by atoms with Crippen LogP contribution in [0.25, 0.3) is 23.3 Å². The highest BCUT2D eigenvalue weighted by Crippen LogP contribution is 2.37. The molecule has 0 fully saturated rings. The predicted molar refractivity (Wildman–Crippen MR) is 174 cm³/mol. The van der Waals surface area contributed by atoms with E-state index in [1.165, 1.54) is 19.3 Å². The number of nitrogens with zero attached hydrogens (tertiary/aromatic N) is 3. The van der Waals surface area contributed by atoms with Crippen LogP contribution in [-0.2, 0) is 26.2 Å². The molecule has 0 saturated heterocycles. The first-order valence-corrected chi connectivity index (χ1v) is 15.1. The van der Waals surface area contributed by atoms with Crippen molar-refractivity contribution >= 4 is 30.0 Å². The maximum absolute atomic E-state index is 13.9. The first-order chi connectivity index (χ1) is 21.8. The van der Waals surface area contributed by atoms with E-state index in [4.69, 9.17) is 9.72 Å². The van der Waals surface area contributed by atoms with Gasteiger partial charge in [0.15, 0.2) is 12.1 Å². The number of ether oxygens (including phenoxy) is 1. The van der Waals surface area contributed by atoms with Crippen molar-refractivity contribution in [3.63, 3.8) is 0 Å². The van der Waals surface area contributed by atoms with Gasteiger partial charge >= 0.3 is 6.18 Å². The number of benzene rings is 3. The minimum Gasteiger partial charge on any atom is -0.496 e. The molecule has 0 saturated carbocycles. The Bertz CT molecular complexity index is 1840. The molecular weight excluding hydrogens is 593 g/mol. The van der Waals surface area contributed by atoms with Crippen LogP contribution in [0.15, 0.2) is 48.5 Å². The number of aldehydes is 1. The lowest BCUT2D eigenvalue weighted by Crippen LogP contribution is -2.36. The van der Waals surface area contributed by atoms with Crippen LogP contribution in [0.3, 0.4) is 0 Å². The SMILES string of the molecule is COc1cc(/C=C/c2cccc(-c3cccc(NC(=O)c4nc5c(n4C)CCN(C(C)C)C5)c3C)c2C)c(C(F)(F)F)cc1C=O. The van der Waals surface area contributed by atoms with Gasteiger partial charge in [-0.05, 0) is 79.3 Å². The molecule has 0 bridgehead atoms. The molecule has 240 valence electrons. The number of methoxy groups -OCH3 is 1. The van der Waals surface area contributed by atoms with Crippen molar-refractivity contribution in [3.8, 4) is 16.9 Å². The summed E-state index contributed by atoms with van der Waals surface area (Å²) in [5, 5.41) is 3.05. The Labute approximate surface area is 266 Å². The van der Waals surface area contributed by atoms with Crippen molar-refractivity contribution in [1.29, 1.82) is 0 Å². The fourth-order valence-corrected chi connectivity index (χ4v) is 6.00. The van der Waals surface area contributed by atoms with E-state index in [1.54, 1.807) is 6.08 Å². The molecule has 10 heteroatoms. The van der Waals surface area contributed by atoms with Gasteiger partial charge in [0, 0.05) is 44.0 Å². The maximum Gasteiger partial charge on any atom is 0.417 e. The third-order valence-electron chi connectivity index (χ3n) is 8.74. The second kappa shape index (κ2) is 13.0. The maximum atomic E-state index is 13.9. The summed E-state index contributed by atoms with van der Waals surface area (Å²) in [7, 11) is 3.18. The summed E-state index contributed by atoms with van der Waals surface area (Å²) in [6.45, 7) is 9.76. The molecule has 1 aliphatic heterocycles. The minimum absolute atomic E-state index is 0.0610. The van der Waals surface area contributed by atoms with E-state index in [0.29, 0.717) is 35.9 Å². The summed E-state index contributed by atoms with van der Waals surface area (Å²) in [5.74, 6) is 0.128. The number of anilines is 1. The number of fused-ring (bicyclic) bond motifs is 1. The lowest BCUT2D eigenvalue weighted by atomic mass is 9.92. The second-order valence-electron chi connectivity index (χ2n) is 11.8. The molecule has 0 atom stereocenters. The Kier molecular flexibility index (Phi) is 9.21. The lowest BCUT2D eigenvalue weighted by molar-refractivity contribution is -0.137. The van der Waals surface area contributed by atoms with Crippen molar-refractivity contribution in [3.05, 3.63) is 99.1 Å². The Morgan fingerprint density at radius 1 is 1.00 bits per heavy atom. The van der Waals surface area contributed by atoms with Crippen LogP contribution in [0.5, 0.6) is 5.75 Å². The quantitative estimate of drug-likeness (QED) is 0.159. The third-order valence-corrected chi connectivity index (χ3v) is 8.74. The highest BCUT2D eigenvalue weighted by Gasteiger charge is 2.34. The fourth-order valence-electron chi connectivity index (χ4n) is 6.00. The monoisotopic (exact) mass is 630 g/mol. The van der Waals surface area contributed by atoms with Gasteiger partial charge in [0.1, 0.15) is 5.75 Å². The van der Waals surface area contributed by atoms with Crippen LogP contribution in [0.4, 0.5) is 18.9 Å². The molecule has 0 unspecified atom stereocenters. The van der Waals surface area contributed by atoms with Crippen molar-refractivity contribution in [2.45, 2.75) is 52.9 Å². The molecule has 1 aliphatic rings. The number of hydrogen-bond acceptors (Lipinski definition) is 5. The molecule has 1 N–H and O–H groups in total. The number of amides is 1. The van der Waals surface area contributed by atoms with Gasteiger partial charge in [-0.15, -0.1) is 0 Å². The fraction of sp³-hybridized carbons (Fsp3) is 0.306. The standard InChI is InChI=1S/C36H37F3N4O3/c1-21(2)43-16-15-32-31(19-43)40-34(42(32)5)35(45)41-30-12-8-11-28(23(30)4)27-10-7-9-24(22(27)3)13-14-25-18-33(46-6)26(20-44)17-29(25)36(37,38)39/h7-14,17-18,20-21H,15-16,19H2,1-6H3,(H,41,45)/b14-13+. The number of nitrogens with one attached hydrogen (secondary N) is 1. The smallest absolute Gasteiger partial charge is 0.417 e. The number of carbonyl (C=O) groups excluding carboxylic acids is 2. The van der Waals surface area contributed by atoms with Gasteiger partial charge in [0.25, 0.3) is 5.91 Å². The van der Waals surface area contributed by atoms with Crippen LogP contribution in [0, 0.1) is 13.8 Å². The number of rotatable bonds is 8. The molecule has 46 heavy (non-hydrogen) atoms. The zero-order chi connectivity index (χ0) is 33.3. The summed E-state index contributed by atoms with van der Waals surface area (Å²) in [4.78, 5) is 31.9. The van der Waals surface area contributed by atoms with E-state index >= 15 is 0 Å². The molecule has 1 aromatic heterocycles. The molecule has 7 nitrogen and oxygen atoms in total. The number of alkyl halides is 3. The molecule has 0 aliphatic carbocycles. The molecule has 2 heterocycles. The molecule has 1 amide bonds. The predicted octanol–water partition coefficient (Wildman–Crippen LogP) is 7.73. The van der Waals surface area contributed by atoms with Crippen molar-refractivity contribution in [2.75, 3.05) is 19.0 Å². The van der Waals surface area contributed by atoms with Crippen LogP contribution in [0.1, 0.15) is 74.0 Å². The highest BCUT2D eigenvalue weighted by molar-refractivity contribution is 6.03. The number of aromatic nitrogens is 2. The molecule has 0 radical (unpaired) electrons. The van der Waals surface area contributed by atoms with E-state index in [1.807, 2.05) is 61.9 Å². The van der Waals surface area contributed by atoms with Crippen LogP contribution in [0.2, 0.25) is 0 Å². The highest BCUT2D eigenvalue weighted by atomic mass is 19.4. The van der Waals surface area contributed by atoms with E-state index in [-0.39, 0.29) is 22.8 Å². The first-order valence-electron chi connectivity index (χ1n) is 15.1. The van der Waals surface area contributed by atoms with Crippen LogP contribution >= 0.6 is 0 Å². The van der Waals surface area contributed by atoms with Crippen molar-refractivity contribution in [2.24, 2.45) is 7.05 Å². The van der Waals surface area contributed by atoms with Gasteiger partial charge in [-0.2, -0.15) is 13.2 Å². The normalized spacial score (nSPS) is 13.7. The molecule has 0 spiro atoms. The Hall–Kier alpha value is -4.70. The van der Waals surface area contributed by atoms with Crippen LogP contribution in [-0.4, -0.2) is 46.3 Å². The number of carbonyl (C=O) groups is 2. The molecule has 5 rings (SSSR count). The number of hydrogen-bond donors (Lipinski definition) is 1. The summed E-state index contributed by atoms with van der Waals surface area (Å²) in [6, 6.07) is 13.7. The Balaban J connectivity index is 1.44. The average Bonchev–Trinajstić information content (AvgIpc) is 3.36. The van der Waals surface area contributed by atoms with Gasteiger partial charge in [0.05, 0.1) is 23.9 Å². The zero-order valence-electron chi connectivity index (χ0n) is 26.7. The second-order valence-corrected chi connectivity index (χ2v) is 11.8. The van der Waals surface area contributed by atoms with Gasteiger partial charge in [-0.3, -0.25) is 14.5 Å². The van der Waals surface area contributed by atoms with Gasteiger partial charge in [0.2, 0.25) is 0 Å². The number of halogens is 3. The minimum atomic E-state index is -4.66. The summed E-state index contributed by atoms with van der Waals surface area (Å²) in [6.07, 6.45) is -0.489. The molecule has 3 aromatic carbocycles. The van der Waals surface area contributed by atoms with E-state index in [9.17, 15) is 22.8 Å². The van der Waals surface area contributed by atoms with Crippen molar-refractivity contribution in [1.82, 2.24) is 14.5 Å². The topological polar surface area (TPSA) is 76.5 Å². The van der Waals surface area contributed by atoms with Crippen molar-refractivity contribution < 1.29 is 27.5 Å². The van der Waals surface area contributed by atoms with Gasteiger partial charge in [-0.25, -0.2) is 4.98 Å². The average molecular weight is 631 g/mol. The Morgan fingerprint density at radius 3 is 2.33 bits per heavy atom. The summed E-state index contributed by atoms with van der Waals surface area (Å²) >= 11 is 0. The number of imidazole rings is 1. The van der Waals surface area contributed by atoms with E-state index in [0.717, 1.165) is 52.7 Å². The summed E-state index contributed by atoms with van der Waals surface area (Å²) in [5.41, 5.74) is 5.60. The molecule has 4 aromatic rings. The third kappa shape index (κ3) is 6.35.